The van der Waals surface area contributed by atoms with Crippen molar-refractivity contribution in [3.05, 3.63) is 29.8 Å². The molecule has 0 saturated carbocycles. The minimum absolute atomic E-state index is 0.834. The molecule has 0 fully saturated rings. The summed E-state index contributed by atoms with van der Waals surface area (Å²) in [4.78, 5) is 6.88. The van der Waals surface area contributed by atoms with Gasteiger partial charge in [-0.3, -0.25) is 4.99 Å². The van der Waals surface area contributed by atoms with E-state index in [-0.39, 0.29) is 0 Å². The van der Waals surface area contributed by atoms with Gasteiger partial charge in [0.2, 0.25) is 0 Å². The molecule has 1 rings (SSSR count). The normalized spacial score (nSPS) is 11.4. The highest BCUT2D eigenvalue weighted by atomic mass is 32.2. The molecule has 1 N–H and O–H groups in total. The van der Waals surface area contributed by atoms with Crippen LogP contribution < -0.4 is 10.1 Å². The van der Waals surface area contributed by atoms with Gasteiger partial charge in [0.1, 0.15) is 5.75 Å². The van der Waals surface area contributed by atoms with E-state index < -0.39 is 0 Å². The van der Waals surface area contributed by atoms with Gasteiger partial charge in [0, 0.05) is 26.7 Å². The fourth-order valence-corrected chi connectivity index (χ4v) is 2.59. The van der Waals surface area contributed by atoms with E-state index in [1.165, 1.54) is 17.7 Å². The van der Waals surface area contributed by atoms with E-state index in [9.17, 15) is 0 Å². The first-order valence-corrected chi connectivity index (χ1v) is 9.22. The molecule has 0 aliphatic carbocycles. The minimum Gasteiger partial charge on any atom is -0.497 e. The number of hydrogen-bond acceptors (Lipinski definition) is 3. The predicted octanol–water partition coefficient (Wildman–Crippen LogP) is 3.24. The van der Waals surface area contributed by atoms with Gasteiger partial charge >= 0.3 is 0 Å². The molecule has 1 aromatic rings. The van der Waals surface area contributed by atoms with Gasteiger partial charge in [0.05, 0.1) is 7.11 Å². The maximum Gasteiger partial charge on any atom is 0.193 e. The largest absolute Gasteiger partial charge is 0.497 e. The molecule has 1 aromatic carbocycles. The van der Waals surface area contributed by atoms with E-state index in [0.717, 1.165) is 37.8 Å². The Morgan fingerprint density at radius 3 is 2.59 bits per heavy atom. The van der Waals surface area contributed by atoms with Gasteiger partial charge in [0.15, 0.2) is 5.96 Å². The quantitative estimate of drug-likeness (QED) is 0.430. The van der Waals surface area contributed by atoms with E-state index in [0.29, 0.717) is 0 Å². The van der Waals surface area contributed by atoms with Gasteiger partial charge in [-0.25, -0.2) is 0 Å². The number of nitrogens with one attached hydrogen (secondary N) is 1. The molecule has 0 spiro atoms. The number of aliphatic imine (C=N–C) groups is 1. The van der Waals surface area contributed by atoms with Crippen molar-refractivity contribution in [1.29, 1.82) is 0 Å². The number of hydrogen-bond donors (Lipinski definition) is 1. The zero-order valence-corrected chi connectivity index (χ0v) is 15.1. The van der Waals surface area contributed by atoms with Crippen LogP contribution in [0.1, 0.15) is 25.3 Å². The lowest BCUT2D eigenvalue weighted by Crippen LogP contribution is -2.38. The lowest BCUT2D eigenvalue weighted by molar-refractivity contribution is 0.414. The smallest absolute Gasteiger partial charge is 0.193 e. The molecule has 0 amide bonds. The number of methoxy groups -OCH3 is 1. The molecule has 0 aliphatic heterocycles. The Morgan fingerprint density at radius 1 is 1.27 bits per heavy atom. The average Bonchev–Trinajstić information content (AvgIpc) is 2.54. The highest BCUT2D eigenvalue weighted by Crippen LogP contribution is 2.12. The van der Waals surface area contributed by atoms with Crippen molar-refractivity contribution in [2.45, 2.75) is 26.3 Å². The summed E-state index contributed by atoms with van der Waals surface area (Å²) in [6, 6.07) is 8.18. The lowest BCUT2D eigenvalue weighted by Gasteiger charge is -2.22. The van der Waals surface area contributed by atoms with E-state index in [4.69, 9.17) is 9.73 Å². The Bertz CT molecular complexity index is 434. The predicted molar refractivity (Wildman–Crippen MR) is 98.1 cm³/mol. The summed E-state index contributed by atoms with van der Waals surface area (Å²) in [5.41, 5.74) is 1.25. The van der Waals surface area contributed by atoms with E-state index in [1.807, 2.05) is 23.9 Å². The van der Waals surface area contributed by atoms with E-state index >= 15 is 0 Å². The first-order valence-electron chi connectivity index (χ1n) is 7.82. The van der Waals surface area contributed by atoms with E-state index in [2.05, 4.69) is 42.6 Å². The fraction of sp³-hybridized carbons (Fsp3) is 0.588. The molecule has 0 saturated heterocycles. The van der Waals surface area contributed by atoms with Crippen LogP contribution in [0.4, 0.5) is 0 Å². The number of nitrogens with zero attached hydrogens (tertiary/aromatic N) is 2. The molecule has 0 aliphatic rings. The molecule has 0 bridgehead atoms. The van der Waals surface area contributed by atoms with Gasteiger partial charge in [-0.05, 0) is 49.5 Å². The van der Waals surface area contributed by atoms with Gasteiger partial charge in [-0.2, -0.15) is 11.8 Å². The zero-order chi connectivity index (χ0) is 16.2. The maximum absolute atomic E-state index is 5.19. The molecule has 5 heteroatoms. The molecule has 0 aromatic heterocycles. The number of ether oxygens (including phenoxy) is 1. The first-order chi connectivity index (χ1) is 10.7. The summed E-state index contributed by atoms with van der Waals surface area (Å²) in [7, 11) is 3.77. The zero-order valence-electron chi connectivity index (χ0n) is 14.3. The summed E-state index contributed by atoms with van der Waals surface area (Å²) in [5.74, 6) is 3.08. The van der Waals surface area contributed by atoms with Crippen molar-refractivity contribution in [2.24, 2.45) is 4.99 Å². The van der Waals surface area contributed by atoms with Crippen molar-refractivity contribution in [3.8, 4) is 5.75 Å². The first kappa shape index (κ1) is 18.7. The monoisotopic (exact) mass is 323 g/mol. The number of rotatable bonds is 9. The van der Waals surface area contributed by atoms with Crippen LogP contribution in [0.3, 0.4) is 0 Å². The number of thioether (sulfide) groups is 1. The molecule has 0 heterocycles. The highest BCUT2D eigenvalue weighted by Gasteiger charge is 2.06. The average molecular weight is 324 g/mol. The van der Waals surface area contributed by atoms with Gasteiger partial charge in [-0.1, -0.05) is 12.1 Å². The van der Waals surface area contributed by atoms with E-state index in [1.54, 1.807) is 7.11 Å². The summed E-state index contributed by atoms with van der Waals surface area (Å²) in [6.45, 7) is 4.71. The second-order valence-corrected chi connectivity index (χ2v) is 6.13. The summed E-state index contributed by atoms with van der Waals surface area (Å²) >= 11 is 1.90. The molecule has 0 unspecified atom stereocenters. The second kappa shape index (κ2) is 11.2. The van der Waals surface area contributed by atoms with Crippen molar-refractivity contribution in [2.75, 3.05) is 39.3 Å². The fourth-order valence-electron chi connectivity index (χ4n) is 2.09. The van der Waals surface area contributed by atoms with Gasteiger partial charge < -0.3 is 15.0 Å². The Labute approximate surface area is 139 Å². The third kappa shape index (κ3) is 7.07. The standard InChI is InChI=1S/C17H29N3OS/c1-5-18-17(19-12-6-7-13-22-4)20(2)14-15-8-10-16(21-3)11-9-15/h8-11H,5-7,12-14H2,1-4H3,(H,18,19). The van der Waals surface area contributed by atoms with Crippen LogP contribution in [-0.2, 0) is 6.54 Å². The summed E-state index contributed by atoms with van der Waals surface area (Å²) in [6.07, 6.45) is 4.52. The van der Waals surface area contributed by atoms with Crippen LogP contribution in [0.2, 0.25) is 0 Å². The molecule has 0 atom stereocenters. The molecular formula is C17H29N3OS. The number of unbranched alkanes of at least 4 members (excludes halogenated alkanes) is 1. The lowest BCUT2D eigenvalue weighted by atomic mass is 10.2. The van der Waals surface area contributed by atoms with Crippen molar-refractivity contribution >= 4 is 17.7 Å². The van der Waals surface area contributed by atoms with Crippen LogP contribution in [0.5, 0.6) is 5.75 Å². The minimum atomic E-state index is 0.834. The molecule has 124 valence electrons. The van der Waals surface area contributed by atoms with Crippen LogP contribution >= 0.6 is 11.8 Å². The van der Waals surface area contributed by atoms with Gasteiger partial charge in [-0.15, -0.1) is 0 Å². The molecule has 22 heavy (non-hydrogen) atoms. The maximum atomic E-state index is 5.19. The van der Waals surface area contributed by atoms with Crippen molar-refractivity contribution in [1.82, 2.24) is 10.2 Å². The number of benzene rings is 1. The van der Waals surface area contributed by atoms with Gasteiger partial charge in [0.25, 0.3) is 0 Å². The second-order valence-electron chi connectivity index (χ2n) is 5.14. The topological polar surface area (TPSA) is 36.9 Å². The molecular weight excluding hydrogens is 294 g/mol. The van der Waals surface area contributed by atoms with Crippen LogP contribution in [0.15, 0.2) is 29.3 Å². The Hall–Kier alpha value is -1.36. The molecule has 4 nitrogen and oxygen atoms in total. The van der Waals surface area contributed by atoms with Crippen molar-refractivity contribution < 1.29 is 4.74 Å². The summed E-state index contributed by atoms with van der Waals surface area (Å²) in [5, 5.41) is 3.36. The third-order valence-corrected chi connectivity index (χ3v) is 3.99. The van der Waals surface area contributed by atoms with Crippen LogP contribution in [0, 0.1) is 0 Å². The summed E-state index contributed by atoms with van der Waals surface area (Å²) < 4.78 is 5.19. The van der Waals surface area contributed by atoms with Crippen LogP contribution in [-0.4, -0.2) is 50.1 Å². The highest BCUT2D eigenvalue weighted by molar-refractivity contribution is 7.98. The SMILES string of the molecule is CCNC(=NCCCCSC)N(C)Cc1ccc(OC)cc1. The third-order valence-electron chi connectivity index (χ3n) is 3.29. The Kier molecular flexibility index (Phi) is 9.55. The molecule has 0 radical (unpaired) electrons. The Morgan fingerprint density at radius 2 is 2.00 bits per heavy atom. The number of guanidine groups is 1. The van der Waals surface area contributed by atoms with Crippen LogP contribution in [0.25, 0.3) is 0 Å². The Balaban J connectivity index is 2.55. The van der Waals surface area contributed by atoms with Crippen molar-refractivity contribution in [3.63, 3.8) is 0 Å².